The summed E-state index contributed by atoms with van der Waals surface area (Å²) in [5, 5.41) is 16.2. The first kappa shape index (κ1) is 19.9. The Kier molecular flexibility index (Phi) is 4.30. The lowest BCUT2D eigenvalue weighted by Crippen LogP contribution is -2.28. The first-order valence-corrected chi connectivity index (χ1v) is 10.4. The quantitative estimate of drug-likeness (QED) is 0.466. The van der Waals surface area contributed by atoms with Crippen LogP contribution in [-0.2, 0) is 20.4 Å². The molecule has 2 fully saturated rings. The lowest BCUT2D eigenvalue weighted by Gasteiger charge is -2.27. The summed E-state index contributed by atoms with van der Waals surface area (Å²) >= 11 is 0. The number of amides is 2. The highest BCUT2D eigenvalue weighted by Gasteiger charge is 2.59. The van der Waals surface area contributed by atoms with Gasteiger partial charge in [0, 0.05) is 11.1 Å². The molecule has 1 aromatic rings. The molecule has 2 aliphatic carbocycles. The molecule has 1 aliphatic heterocycles. The van der Waals surface area contributed by atoms with Crippen molar-refractivity contribution >= 4 is 18.0 Å². The van der Waals surface area contributed by atoms with Crippen LogP contribution < -0.4 is 0 Å². The van der Waals surface area contributed by atoms with Gasteiger partial charge in [-0.3, -0.25) is 9.59 Å². The monoisotopic (exact) mass is 394 g/mol. The number of carbonyl (C=O) groups is 2. The van der Waals surface area contributed by atoms with Gasteiger partial charge in [0.25, 0.3) is 11.8 Å². The Morgan fingerprint density at radius 1 is 0.931 bits per heavy atom. The predicted molar refractivity (Wildman–Crippen MR) is 113 cm³/mol. The zero-order valence-electron chi connectivity index (χ0n) is 18.1. The Morgan fingerprint density at radius 3 is 1.79 bits per heavy atom. The van der Waals surface area contributed by atoms with Crippen LogP contribution in [0.2, 0.25) is 0 Å². The van der Waals surface area contributed by atoms with Crippen LogP contribution in [0.3, 0.4) is 0 Å². The summed E-state index contributed by atoms with van der Waals surface area (Å²) in [7, 11) is 0. The third-order valence-electron chi connectivity index (χ3n) is 6.52. The zero-order chi connectivity index (χ0) is 21.3. The number of hydrogen-bond donors (Lipinski definition) is 1. The maximum Gasteiger partial charge on any atom is 0.254 e. The lowest BCUT2D eigenvalue weighted by atomic mass is 9.78. The smallest absolute Gasteiger partial charge is 0.254 e. The number of imide groups is 1. The molecule has 0 spiro atoms. The molecule has 0 aromatic heterocycles. The van der Waals surface area contributed by atoms with E-state index in [0.717, 1.165) is 28.1 Å². The molecule has 5 nitrogen and oxygen atoms in total. The minimum Gasteiger partial charge on any atom is -0.507 e. The number of allylic oxidation sites excluding steroid dienone is 2. The van der Waals surface area contributed by atoms with Gasteiger partial charge in [0.2, 0.25) is 0 Å². The summed E-state index contributed by atoms with van der Waals surface area (Å²) in [6, 6.07) is 3.79. The number of phenolic OH excluding ortho intramolecular Hbond substituents is 1. The van der Waals surface area contributed by atoms with E-state index in [1.807, 2.05) is 53.7 Å². The molecule has 29 heavy (non-hydrogen) atoms. The molecule has 4 rings (SSSR count). The molecule has 1 aromatic carbocycles. The van der Waals surface area contributed by atoms with Crippen molar-refractivity contribution in [2.45, 2.75) is 58.8 Å². The standard InChI is InChI=1S/C24H30N2O3/c1-23(2,3)16-9-13(10-17(20(16)27)24(4,5)6)12-25-26-21(28)18-14-7-8-15(11-14)19(18)22(26)29/h7-10,12,14-15,18-19,27H,11H2,1-6H3. The van der Waals surface area contributed by atoms with Crippen LogP contribution in [0.25, 0.3) is 0 Å². The SMILES string of the molecule is CC(C)(C)c1cc(C=NN2C(=O)C3C4C=CC(C4)C3C2=O)cc(C(C)(C)C)c1O. The molecule has 4 atom stereocenters. The number of hydrogen-bond acceptors (Lipinski definition) is 4. The summed E-state index contributed by atoms with van der Waals surface area (Å²) in [6.45, 7) is 12.3. The van der Waals surface area contributed by atoms with Crippen molar-refractivity contribution < 1.29 is 14.7 Å². The summed E-state index contributed by atoms with van der Waals surface area (Å²) < 4.78 is 0. The highest BCUT2D eigenvalue weighted by atomic mass is 16.3. The topological polar surface area (TPSA) is 70.0 Å². The van der Waals surface area contributed by atoms with Crippen LogP contribution in [0.15, 0.2) is 29.4 Å². The van der Waals surface area contributed by atoms with Gasteiger partial charge < -0.3 is 5.11 Å². The third kappa shape index (κ3) is 3.11. The number of rotatable bonds is 2. The van der Waals surface area contributed by atoms with Crippen molar-refractivity contribution in [3.05, 3.63) is 41.0 Å². The van der Waals surface area contributed by atoms with E-state index in [1.165, 1.54) is 0 Å². The van der Waals surface area contributed by atoms with Crippen molar-refractivity contribution in [1.82, 2.24) is 5.01 Å². The summed E-state index contributed by atoms with van der Waals surface area (Å²) in [6.07, 6.45) is 6.65. The average Bonchev–Trinajstić information content (AvgIpc) is 3.27. The fraction of sp³-hybridized carbons (Fsp3) is 0.542. The number of fused-ring (bicyclic) bond motifs is 5. The van der Waals surface area contributed by atoms with Gasteiger partial charge in [0.05, 0.1) is 18.1 Å². The Hall–Kier alpha value is -2.43. The molecule has 154 valence electrons. The minimum absolute atomic E-state index is 0.176. The molecule has 1 heterocycles. The predicted octanol–water partition coefficient (Wildman–Crippen LogP) is 4.13. The van der Waals surface area contributed by atoms with Crippen molar-refractivity contribution in [2.75, 3.05) is 0 Å². The van der Waals surface area contributed by atoms with E-state index in [1.54, 1.807) is 6.21 Å². The first-order chi connectivity index (χ1) is 13.4. The molecular weight excluding hydrogens is 364 g/mol. The van der Waals surface area contributed by atoms with E-state index in [9.17, 15) is 14.7 Å². The van der Waals surface area contributed by atoms with Gasteiger partial charge in [0.15, 0.2) is 0 Å². The molecule has 1 saturated carbocycles. The van der Waals surface area contributed by atoms with Crippen LogP contribution in [-0.4, -0.2) is 28.1 Å². The number of carbonyl (C=O) groups excluding carboxylic acids is 2. The van der Waals surface area contributed by atoms with Gasteiger partial charge in [-0.15, -0.1) is 0 Å². The normalized spacial score (nSPS) is 28.8. The van der Waals surface area contributed by atoms with Crippen LogP contribution in [0, 0.1) is 23.7 Å². The number of benzene rings is 1. The van der Waals surface area contributed by atoms with Gasteiger partial charge in [-0.1, -0.05) is 53.7 Å². The van der Waals surface area contributed by atoms with Gasteiger partial charge in [-0.2, -0.15) is 10.1 Å². The van der Waals surface area contributed by atoms with E-state index < -0.39 is 0 Å². The Bertz CT molecular complexity index is 881. The zero-order valence-corrected chi connectivity index (χ0v) is 18.1. The van der Waals surface area contributed by atoms with E-state index in [2.05, 4.69) is 17.3 Å². The molecule has 5 heteroatoms. The summed E-state index contributed by atoms with van der Waals surface area (Å²) in [5.41, 5.74) is 1.91. The van der Waals surface area contributed by atoms with E-state index in [0.29, 0.717) is 5.75 Å². The van der Waals surface area contributed by atoms with E-state index >= 15 is 0 Å². The van der Waals surface area contributed by atoms with Crippen LogP contribution in [0.5, 0.6) is 5.75 Å². The highest BCUT2D eigenvalue weighted by Crippen LogP contribution is 2.52. The second-order valence-corrected chi connectivity index (χ2v) is 10.7. The molecule has 3 aliphatic rings. The van der Waals surface area contributed by atoms with Crippen LogP contribution in [0.1, 0.15) is 64.7 Å². The minimum atomic E-state index is -0.255. The Balaban J connectivity index is 1.69. The maximum absolute atomic E-state index is 12.8. The third-order valence-corrected chi connectivity index (χ3v) is 6.52. The number of aromatic hydroxyl groups is 1. The summed E-state index contributed by atoms with van der Waals surface area (Å²) in [5.74, 6) is -0.203. The fourth-order valence-electron chi connectivity index (χ4n) is 5.00. The molecular formula is C24H30N2O3. The van der Waals surface area contributed by atoms with Gasteiger partial charge in [-0.05, 0) is 46.8 Å². The highest BCUT2D eigenvalue weighted by molar-refractivity contribution is 6.06. The Labute approximate surface area is 172 Å². The largest absolute Gasteiger partial charge is 0.507 e. The van der Waals surface area contributed by atoms with E-state index in [4.69, 9.17) is 0 Å². The second kappa shape index (κ2) is 6.28. The molecule has 2 bridgehead atoms. The first-order valence-electron chi connectivity index (χ1n) is 10.4. The second-order valence-electron chi connectivity index (χ2n) is 10.7. The fourth-order valence-corrected chi connectivity index (χ4v) is 5.00. The number of nitrogens with zero attached hydrogens (tertiary/aromatic N) is 2. The molecule has 0 radical (unpaired) electrons. The maximum atomic E-state index is 12.8. The summed E-state index contributed by atoms with van der Waals surface area (Å²) in [4.78, 5) is 25.7. The molecule has 2 amide bonds. The van der Waals surface area contributed by atoms with Crippen molar-refractivity contribution in [2.24, 2.45) is 28.8 Å². The molecule has 1 saturated heterocycles. The van der Waals surface area contributed by atoms with Crippen LogP contribution >= 0.6 is 0 Å². The number of phenols is 1. The lowest BCUT2D eigenvalue weighted by molar-refractivity contribution is -0.140. The van der Waals surface area contributed by atoms with Crippen molar-refractivity contribution in [3.63, 3.8) is 0 Å². The Morgan fingerprint density at radius 2 is 1.38 bits per heavy atom. The van der Waals surface area contributed by atoms with Gasteiger partial charge in [0.1, 0.15) is 5.75 Å². The molecule has 4 unspecified atom stereocenters. The van der Waals surface area contributed by atoms with Crippen molar-refractivity contribution in [3.8, 4) is 5.75 Å². The van der Waals surface area contributed by atoms with Crippen molar-refractivity contribution in [1.29, 1.82) is 0 Å². The van der Waals surface area contributed by atoms with Crippen LogP contribution in [0.4, 0.5) is 0 Å². The van der Waals surface area contributed by atoms with E-state index in [-0.39, 0.29) is 46.3 Å². The molecule has 1 N–H and O–H groups in total. The average molecular weight is 395 g/mol. The number of hydrazone groups is 1. The van der Waals surface area contributed by atoms with Gasteiger partial charge >= 0.3 is 0 Å². The van der Waals surface area contributed by atoms with Gasteiger partial charge in [-0.25, -0.2) is 0 Å².